The van der Waals surface area contributed by atoms with Crippen molar-refractivity contribution in [3.05, 3.63) is 131 Å². The van der Waals surface area contributed by atoms with Gasteiger partial charge in [0.25, 0.3) is 0 Å². The average Bonchev–Trinajstić information content (AvgIpc) is 3.41. The first kappa shape index (κ1) is 22.1. The second-order valence-corrected chi connectivity index (χ2v) is 10.4. The second kappa shape index (κ2) is 7.94. The Balaban J connectivity index is 1.57. The molecule has 3 heteroatoms. The van der Waals surface area contributed by atoms with E-state index in [1.165, 1.54) is 22.3 Å². The molecule has 0 aliphatic heterocycles. The quantitative estimate of drug-likeness (QED) is 0.225. The molecule has 7 rings (SSSR count). The number of nitrogens with zero attached hydrogens (tertiary/aromatic N) is 3. The number of aromatic nitrogens is 1. The van der Waals surface area contributed by atoms with E-state index in [9.17, 15) is 5.26 Å². The van der Waals surface area contributed by atoms with Gasteiger partial charge in [-0.25, -0.2) is 4.85 Å². The summed E-state index contributed by atoms with van der Waals surface area (Å²) in [5, 5.41) is 12.1. The van der Waals surface area contributed by atoms with Crippen molar-refractivity contribution in [1.29, 1.82) is 5.26 Å². The summed E-state index contributed by atoms with van der Waals surface area (Å²) in [6, 6.07) is 37.8. The van der Waals surface area contributed by atoms with Gasteiger partial charge >= 0.3 is 0 Å². The molecule has 0 fully saturated rings. The summed E-state index contributed by atoms with van der Waals surface area (Å²) in [6.45, 7) is 12.4. The number of rotatable bonds is 2. The topological polar surface area (TPSA) is 33.1 Å². The molecular formula is C35H23N3. The molecule has 0 bridgehead atoms. The fourth-order valence-electron chi connectivity index (χ4n) is 6.36. The van der Waals surface area contributed by atoms with Crippen LogP contribution in [0.5, 0.6) is 0 Å². The summed E-state index contributed by atoms with van der Waals surface area (Å²) >= 11 is 0. The highest BCUT2D eigenvalue weighted by Crippen LogP contribution is 2.50. The molecule has 1 aliphatic carbocycles. The Morgan fingerprint density at radius 3 is 2.29 bits per heavy atom. The van der Waals surface area contributed by atoms with Crippen LogP contribution in [0.2, 0.25) is 0 Å². The highest BCUT2D eigenvalue weighted by Gasteiger charge is 2.35. The third kappa shape index (κ3) is 2.88. The Morgan fingerprint density at radius 1 is 0.737 bits per heavy atom. The maximum atomic E-state index is 9.92. The maximum absolute atomic E-state index is 9.92. The van der Waals surface area contributed by atoms with Crippen LogP contribution < -0.4 is 0 Å². The maximum Gasteiger partial charge on any atom is 0.196 e. The summed E-state index contributed by atoms with van der Waals surface area (Å²) in [6.07, 6.45) is 0. The van der Waals surface area contributed by atoms with Crippen LogP contribution in [-0.4, -0.2) is 4.57 Å². The molecule has 0 amide bonds. The van der Waals surface area contributed by atoms with Gasteiger partial charge in [-0.15, -0.1) is 0 Å². The van der Waals surface area contributed by atoms with Crippen LogP contribution in [0.25, 0.3) is 54.6 Å². The van der Waals surface area contributed by atoms with E-state index >= 15 is 0 Å². The van der Waals surface area contributed by atoms with Crippen molar-refractivity contribution in [3.8, 4) is 34.0 Å². The first-order chi connectivity index (χ1) is 18.5. The fourth-order valence-corrected chi connectivity index (χ4v) is 6.36. The summed E-state index contributed by atoms with van der Waals surface area (Å²) in [5.41, 5.74) is 11.1. The zero-order valence-electron chi connectivity index (χ0n) is 21.2. The van der Waals surface area contributed by atoms with Crippen LogP contribution >= 0.6 is 0 Å². The fraction of sp³-hybridized carbons (Fsp3) is 0.0857. The summed E-state index contributed by atoms with van der Waals surface area (Å²) in [4.78, 5) is 3.77. The Morgan fingerprint density at radius 2 is 1.45 bits per heavy atom. The molecule has 0 N–H and O–H groups in total. The van der Waals surface area contributed by atoms with Gasteiger partial charge in [-0.1, -0.05) is 86.6 Å². The van der Waals surface area contributed by atoms with Crippen molar-refractivity contribution >= 4 is 27.5 Å². The van der Waals surface area contributed by atoms with E-state index in [0.717, 1.165) is 33.1 Å². The molecular weight excluding hydrogens is 462 g/mol. The van der Waals surface area contributed by atoms with Crippen molar-refractivity contribution in [1.82, 2.24) is 4.57 Å². The van der Waals surface area contributed by atoms with Crippen LogP contribution in [0.3, 0.4) is 0 Å². The number of benzene rings is 5. The average molecular weight is 486 g/mol. The van der Waals surface area contributed by atoms with Crippen molar-refractivity contribution < 1.29 is 0 Å². The molecule has 6 aromatic rings. The van der Waals surface area contributed by atoms with Crippen molar-refractivity contribution in [2.45, 2.75) is 19.3 Å². The molecule has 0 radical (unpaired) electrons. The van der Waals surface area contributed by atoms with Crippen LogP contribution in [-0.2, 0) is 5.41 Å². The smallest absolute Gasteiger partial charge is 0.196 e. The minimum absolute atomic E-state index is 0.0460. The summed E-state index contributed by atoms with van der Waals surface area (Å²) in [7, 11) is 0. The molecule has 0 atom stereocenters. The summed E-state index contributed by atoms with van der Waals surface area (Å²) in [5.74, 6) is 0. The minimum Gasteiger partial charge on any atom is -0.309 e. The second-order valence-electron chi connectivity index (χ2n) is 10.4. The van der Waals surface area contributed by atoms with Gasteiger partial charge < -0.3 is 4.57 Å². The lowest BCUT2D eigenvalue weighted by Crippen LogP contribution is -2.14. The zero-order valence-corrected chi connectivity index (χ0v) is 21.2. The van der Waals surface area contributed by atoms with Crippen LogP contribution in [0.1, 0.15) is 30.5 Å². The Hall–Kier alpha value is -5.12. The zero-order chi connectivity index (χ0) is 26.0. The van der Waals surface area contributed by atoms with Crippen LogP contribution in [0, 0.1) is 17.9 Å². The molecule has 38 heavy (non-hydrogen) atoms. The number of para-hydroxylation sites is 1. The molecule has 0 saturated carbocycles. The van der Waals surface area contributed by atoms with Gasteiger partial charge in [0.2, 0.25) is 0 Å². The predicted octanol–water partition coefficient (Wildman–Crippen LogP) is 9.18. The standard InChI is InChI=1S/C35H23N3/c1-35(2)28-14-6-4-11-24(28)27-20-23(18-19-29(27)35)38-31-16-7-5-12-25(31)34-26(13-9-17-32(34)38)33-22(21-36)10-8-15-30(33)37-3/h4-20H,1-2H3. The monoisotopic (exact) mass is 485 g/mol. The highest BCUT2D eigenvalue weighted by atomic mass is 15.0. The van der Waals surface area contributed by atoms with Gasteiger partial charge in [-0.3, -0.25) is 0 Å². The van der Waals surface area contributed by atoms with Crippen molar-refractivity contribution in [2.75, 3.05) is 0 Å². The van der Waals surface area contributed by atoms with E-state index in [1.807, 2.05) is 12.1 Å². The number of hydrogen-bond acceptors (Lipinski definition) is 1. The van der Waals surface area contributed by atoms with Gasteiger partial charge in [-0.05, 0) is 58.1 Å². The Bertz CT molecular complexity index is 1990. The molecule has 0 saturated heterocycles. The first-order valence-electron chi connectivity index (χ1n) is 12.7. The molecule has 5 aromatic carbocycles. The molecule has 1 aliphatic rings. The SMILES string of the molecule is [C-]#[N+]c1cccc(C#N)c1-c1cccc2c1c1ccccc1n2-c1ccc2c(c1)-c1ccccc1C2(C)C. The van der Waals surface area contributed by atoms with Gasteiger partial charge in [-0.2, -0.15) is 5.26 Å². The van der Waals surface area contributed by atoms with Crippen molar-refractivity contribution in [3.63, 3.8) is 0 Å². The first-order valence-corrected chi connectivity index (χ1v) is 12.7. The third-order valence-corrected chi connectivity index (χ3v) is 8.08. The van der Waals surface area contributed by atoms with E-state index < -0.39 is 0 Å². The van der Waals surface area contributed by atoms with Crippen LogP contribution in [0.4, 0.5) is 5.69 Å². The molecule has 0 spiro atoms. The van der Waals surface area contributed by atoms with E-state index in [1.54, 1.807) is 18.2 Å². The van der Waals surface area contributed by atoms with Gasteiger partial charge in [0.15, 0.2) is 5.69 Å². The van der Waals surface area contributed by atoms with E-state index in [2.05, 4.69) is 102 Å². The molecule has 178 valence electrons. The lowest BCUT2D eigenvalue weighted by molar-refractivity contribution is 0.660. The van der Waals surface area contributed by atoms with Gasteiger partial charge in [0, 0.05) is 33.0 Å². The number of fused-ring (bicyclic) bond motifs is 6. The molecule has 0 unspecified atom stereocenters. The Labute approximate surface area is 221 Å². The van der Waals surface area contributed by atoms with E-state index in [-0.39, 0.29) is 5.41 Å². The van der Waals surface area contributed by atoms with Crippen molar-refractivity contribution in [2.24, 2.45) is 0 Å². The normalized spacial score (nSPS) is 13.2. The Kier molecular flexibility index (Phi) is 4.62. The minimum atomic E-state index is -0.0460. The van der Waals surface area contributed by atoms with Gasteiger partial charge in [0.05, 0.1) is 23.7 Å². The third-order valence-electron chi connectivity index (χ3n) is 8.08. The predicted molar refractivity (Wildman–Crippen MR) is 155 cm³/mol. The number of nitriles is 1. The lowest BCUT2D eigenvalue weighted by Gasteiger charge is -2.21. The molecule has 3 nitrogen and oxygen atoms in total. The van der Waals surface area contributed by atoms with Gasteiger partial charge in [0.1, 0.15) is 0 Å². The van der Waals surface area contributed by atoms with Crippen LogP contribution in [0.15, 0.2) is 103 Å². The largest absolute Gasteiger partial charge is 0.309 e. The molecule has 1 aromatic heterocycles. The number of hydrogen-bond donors (Lipinski definition) is 0. The highest BCUT2D eigenvalue weighted by molar-refractivity contribution is 6.17. The lowest BCUT2D eigenvalue weighted by atomic mass is 9.82. The summed E-state index contributed by atoms with van der Waals surface area (Å²) < 4.78 is 2.31. The molecule has 1 heterocycles. The van der Waals surface area contributed by atoms with E-state index in [4.69, 9.17) is 6.57 Å². The van der Waals surface area contributed by atoms with E-state index in [0.29, 0.717) is 16.8 Å².